The number of rotatable bonds is 4. The number of halogens is 1. The first-order valence-corrected chi connectivity index (χ1v) is 11.4. The number of hydrogen-bond acceptors (Lipinski definition) is 2. The summed E-state index contributed by atoms with van der Waals surface area (Å²) < 4.78 is 14.8. The lowest BCUT2D eigenvalue weighted by molar-refractivity contribution is -0.118. The van der Waals surface area contributed by atoms with Crippen molar-refractivity contribution in [3.05, 3.63) is 35.3 Å². The Morgan fingerprint density at radius 3 is 2.83 bits per heavy atom. The third kappa shape index (κ3) is 4.54. The minimum Gasteiger partial charge on any atom is -0.361 e. The fourth-order valence-corrected chi connectivity index (χ4v) is 5.04. The van der Waals surface area contributed by atoms with Gasteiger partial charge in [-0.05, 0) is 61.9 Å². The number of aromatic nitrogens is 1. The summed E-state index contributed by atoms with van der Waals surface area (Å²) in [6.07, 6.45) is 10.4. The van der Waals surface area contributed by atoms with Gasteiger partial charge >= 0.3 is 0 Å². The highest BCUT2D eigenvalue weighted by atomic mass is 19.1. The van der Waals surface area contributed by atoms with Crippen LogP contribution in [0.25, 0.3) is 10.9 Å². The maximum absolute atomic E-state index is 14.8. The molecule has 0 spiro atoms. The molecule has 1 amide bonds. The van der Waals surface area contributed by atoms with E-state index in [0.29, 0.717) is 18.9 Å². The molecule has 2 aliphatic rings. The summed E-state index contributed by atoms with van der Waals surface area (Å²) in [6, 6.07) is 3.32. The highest BCUT2D eigenvalue weighted by Gasteiger charge is 2.35. The Morgan fingerprint density at radius 2 is 2.10 bits per heavy atom. The molecule has 0 bridgehead atoms. The van der Waals surface area contributed by atoms with Crippen LogP contribution < -0.4 is 10.6 Å². The van der Waals surface area contributed by atoms with Gasteiger partial charge in [0.05, 0.1) is 10.9 Å². The molecule has 2 aromatic rings. The summed E-state index contributed by atoms with van der Waals surface area (Å²) in [6.45, 7) is 4.10. The molecule has 1 atom stereocenters. The first-order chi connectivity index (χ1) is 14.6. The van der Waals surface area contributed by atoms with E-state index in [4.69, 9.17) is 0 Å². The van der Waals surface area contributed by atoms with Crippen molar-refractivity contribution in [2.75, 3.05) is 19.6 Å². The number of carbonyl (C=O) groups is 1. The van der Waals surface area contributed by atoms with Crippen LogP contribution in [0, 0.1) is 23.6 Å². The van der Waals surface area contributed by atoms with Crippen molar-refractivity contribution in [3.8, 4) is 11.8 Å². The van der Waals surface area contributed by atoms with Gasteiger partial charge in [-0.1, -0.05) is 31.1 Å². The van der Waals surface area contributed by atoms with Crippen molar-refractivity contribution in [2.45, 2.75) is 63.7 Å². The fraction of sp³-hybridized carbons (Fsp3) is 0.560. The molecule has 160 valence electrons. The summed E-state index contributed by atoms with van der Waals surface area (Å²) in [5.74, 6) is 7.38. The standard InChI is InChI=1S/C25H32FN3O/c1-18(30)28-13-8-20-17-29-24-22(20)14-21(26)15-23(24)25(9-3-2-4-10-25)11-7-19-6-5-12-27-16-19/h14-15,17,19,27,29H,2-6,8-10,12-13,16H2,1H3,(H,28,30). The molecule has 0 radical (unpaired) electrons. The average molecular weight is 410 g/mol. The Morgan fingerprint density at radius 1 is 1.27 bits per heavy atom. The molecular formula is C25H32FN3O. The smallest absolute Gasteiger partial charge is 0.216 e. The molecule has 1 saturated carbocycles. The predicted molar refractivity (Wildman–Crippen MR) is 119 cm³/mol. The summed E-state index contributed by atoms with van der Waals surface area (Å²) >= 11 is 0. The first kappa shape index (κ1) is 20.9. The number of nitrogens with one attached hydrogen (secondary N) is 3. The van der Waals surface area contributed by atoms with Gasteiger partial charge in [0.1, 0.15) is 5.82 Å². The van der Waals surface area contributed by atoms with Crippen LogP contribution in [0.4, 0.5) is 4.39 Å². The van der Waals surface area contributed by atoms with Crippen molar-refractivity contribution in [2.24, 2.45) is 5.92 Å². The molecular weight excluding hydrogens is 377 g/mol. The van der Waals surface area contributed by atoms with Crippen LogP contribution in [0.5, 0.6) is 0 Å². The lowest BCUT2D eigenvalue weighted by atomic mass is 9.69. The monoisotopic (exact) mass is 409 g/mol. The number of fused-ring (bicyclic) bond motifs is 1. The van der Waals surface area contributed by atoms with Gasteiger partial charge < -0.3 is 15.6 Å². The van der Waals surface area contributed by atoms with E-state index in [1.807, 2.05) is 6.20 Å². The highest BCUT2D eigenvalue weighted by molar-refractivity contribution is 5.87. The Kier molecular flexibility index (Phi) is 6.43. The van der Waals surface area contributed by atoms with Crippen LogP contribution in [0.15, 0.2) is 18.3 Å². The van der Waals surface area contributed by atoms with E-state index in [-0.39, 0.29) is 17.1 Å². The third-order valence-electron chi connectivity index (χ3n) is 6.64. The normalized spacial score (nSPS) is 21.1. The number of H-pyrrole nitrogens is 1. The number of benzene rings is 1. The van der Waals surface area contributed by atoms with Gasteiger partial charge in [-0.15, -0.1) is 0 Å². The maximum atomic E-state index is 14.8. The van der Waals surface area contributed by atoms with Crippen molar-refractivity contribution in [3.63, 3.8) is 0 Å². The van der Waals surface area contributed by atoms with Gasteiger partial charge in [0.15, 0.2) is 0 Å². The molecule has 1 aromatic heterocycles. The van der Waals surface area contributed by atoms with Crippen molar-refractivity contribution in [1.29, 1.82) is 0 Å². The Bertz CT molecular complexity index is 956. The van der Waals surface area contributed by atoms with E-state index in [2.05, 4.69) is 27.5 Å². The largest absolute Gasteiger partial charge is 0.361 e. The summed E-state index contributed by atoms with van der Waals surface area (Å²) in [5.41, 5.74) is 2.77. The minimum absolute atomic E-state index is 0.0460. The summed E-state index contributed by atoms with van der Waals surface area (Å²) in [7, 11) is 0. The van der Waals surface area contributed by atoms with Crippen LogP contribution in [0.3, 0.4) is 0 Å². The predicted octanol–water partition coefficient (Wildman–Crippen LogP) is 4.19. The average Bonchev–Trinajstić information content (AvgIpc) is 3.15. The molecule has 30 heavy (non-hydrogen) atoms. The number of carbonyl (C=O) groups excluding carboxylic acids is 1. The second-order valence-electron chi connectivity index (χ2n) is 8.88. The number of amides is 1. The molecule has 3 N–H and O–H groups in total. The number of piperidine rings is 1. The molecule has 2 heterocycles. The molecule has 1 aromatic carbocycles. The van der Waals surface area contributed by atoms with Gasteiger partial charge in [0.2, 0.25) is 5.91 Å². The van der Waals surface area contributed by atoms with Crippen LogP contribution in [-0.4, -0.2) is 30.5 Å². The Balaban J connectivity index is 1.71. The zero-order valence-corrected chi connectivity index (χ0v) is 17.9. The molecule has 2 fully saturated rings. The van der Waals surface area contributed by atoms with Crippen molar-refractivity contribution >= 4 is 16.8 Å². The van der Waals surface area contributed by atoms with Gasteiger partial charge in [-0.2, -0.15) is 0 Å². The zero-order chi connectivity index (χ0) is 21.0. The molecule has 1 saturated heterocycles. The second-order valence-corrected chi connectivity index (χ2v) is 8.88. The van der Waals surface area contributed by atoms with E-state index < -0.39 is 0 Å². The molecule has 1 aliphatic carbocycles. The molecule has 4 nitrogen and oxygen atoms in total. The third-order valence-corrected chi connectivity index (χ3v) is 6.64. The molecule has 1 unspecified atom stereocenters. The summed E-state index contributed by atoms with van der Waals surface area (Å²) in [4.78, 5) is 14.6. The van der Waals surface area contributed by atoms with Gasteiger partial charge in [-0.3, -0.25) is 4.79 Å². The number of aromatic amines is 1. The van der Waals surface area contributed by atoms with E-state index in [9.17, 15) is 9.18 Å². The minimum atomic E-state index is -0.282. The van der Waals surface area contributed by atoms with Gasteiger partial charge in [-0.25, -0.2) is 4.39 Å². The van der Waals surface area contributed by atoms with E-state index in [1.54, 1.807) is 12.1 Å². The van der Waals surface area contributed by atoms with E-state index in [0.717, 1.165) is 67.2 Å². The van der Waals surface area contributed by atoms with Crippen molar-refractivity contribution < 1.29 is 9.18 Å². The highest BCUT2D eigenvalue weighted by Crippen LogP contribution is 2.42. The lowest BCUT2D eigenvalue weighted by Gasteiger charge is -2.34. The maximum Gasteiger partial charge on any atom is 0.216 e. The van der Waals surface area contributed by atoms with Crippen molar-refractivity contribution in [1.82, 2.24) is 15.6 Å². The molecule has 1 aliphatic heterocycles. The van der Waals surface area contributed by atoms with Crippen LogP contribution in [0.1, 0.15) is 63.0 Å². The van der Waals surface area contributed by atoms with Crippen LogP contribution in [0.2, 0.25) is 0 Å². The van der Waals surface area contributed by atoms with E-state index >= 15 is 0 Å². The lowest BCUT2D eigenvalue weighted by Crippen LogP contribution is -2.31. The number of hydrogen-bond donors (Lipinski definition) is 3. The van der Waals surface area contributed by atoms with E-state index in [1.165, 1.54) is 19.8 Å². The van der Waals surface area contributed by atoms with Gasteiger partial charge in [0, 0.05) is 37.5 Å². The fourth-order valence-electron chi connectivity index (χ4n) is 5.04. The van der Waals surface area contributed by atoms with Gasteiger partial charge in [0.25, 0.3) is 0 Å². The molecule has 4 rings (SSSR count). The Labute approximate surface area is 178 Å². The zero-order valence-electron chi connectivity index (χ0n) is 17.9. The quantitative estimate of drug-likeness (QED) is 0.663. The topological polar surface area (TPSA) is 56.9 Å². The molecule has 5 heteroatoms. The Hall–Kier alpha value is -2.32. The summed E-state index contributed by atoms with van der Waals surface area (Å²) in [5, 5.41) is 7.19. The van der Waals surface area contributed by atoms with Crippen LogP contribution >= 0.6 is 0 Å². The second kappa shape index (κ2) is 9.22. The first-order valence-electron chi connectivity index (χ1n) is 11.4. The SMILES string of the molecule is CC(=O)NCCc1c[nH]c2c(C3(C#CC4CCCNC4)CCCCC3)cc(F)cc12. The van der Waals surface area contributed by atoms with Crippen LogP contribution in [-0.2, 0) is 16.6 Å².